The second kappa shape index (κ2) is 4.41. The maximum Gasteiger partial charge on any atom is 0.374 e. The lowest BCUT2D eigenvalue weighted by atomic mass is 10.1. The van der Waals surface area contributed by atoms with Crippen molar-refractivity contribution in [3.8, 4) is 5.75 Å². The van der Waals surface area contributed by atoms with Crippen molar-refractivity contribution in [1.82, 2.24) is 0 Å². The normalized spacial score (nSPS) is 10.8. The Kier molecular flexibility index (Phi) is 3.11. The van der Waals surface area contributed by atoms with E-state index >= 15 is 0 Å². The van der Waals surface area contributed by atoms with Crippen molar-refractivity contribution >= 4 is 32.9 Å². The second-order valence-corrected chi connectivity index (χ2v) is 4.40. The predicted octanol–water partition coefficient (Wildman–Crippen LogP) is 3.39. The van der Waals surface area contributed by atoms with Gasteiger partial charge in [0, 0.05) is 5.56 Å². The minimum atomic E-state index is -0.521. The highest BCUT2D eigenvalue weighted by Crippen LogP contribution is 2.37. The molecular weight excluding hydrogens is 288 g/mol. The summed E-state index contributed by atoms with van der Waals surface area (Å²) in [4.78, 5) is 11.6. The molecule has 1 aromatic carbocycles. The van der Waals surface area contributed by atoms with Gasteiger partial charge in [-0.25, -0.2) is 4.79 Å². The lowest BCUT2D eigenvalue weighted by Crippen LogP contribution is -2.04. The molecule has 0 saturated heterocycles. The summed E-state index contributed by atoms with van der Waals surface area (Å²) in [5.74, 6) is -0.309. The second-order valence-electron chi connectivity index (χ2n) is 3.55. The van der Waals surface area contributed by atoms with Crippen molar-refractivity contribution in [2.75, 3.05) is 6.61 Å². The van der Waals surface area contributed by atoms with Gasteiger partial charge in [-0.05, 0) is 41.9 Å². The van der Waals surface area contributed by atoms with Crippen LogP contribution in [-0.4, -0.2) is 17.7 Å². The van der Waals surface area contributed by atoms with E-state index in [1.165, 1.54) is 0 Å². The number of halogens is 1. The molecule has 1 N–H and O–H groups in total. The van der Waals surface area contributed by atoms with Gasteiger partial charge in [0.05, 0.1) is 16.5 Å². The third kappa shape index (κ3) is 1.91. The summed E-state index contributed by atoms with van der Waals surface area (Å²) in [6, 6.07) is 3.21. The Morgan fingerprint density at radius 3 is 2.82 bits per heavy atom. The number of hydrogen-bond donors (Lipinski definition) is 1. The minimum absolute atomic E-state index is 0.0833. The molecule has 90 valence electrons. The smallest absolute Gasteiger partial charge is 0.374 e. The zero-order valence-electron chi connectivity index (χ0n) is 9.41. The van der Waals surface area contributed by atoms with E-state index < -0.39 is 5.97 Å². The fourth-order valence-corrected chi connectivity index (χ4v) is 2.10. The van der Waals surface area contributed by atoms with E-state index in [4.69, 9.17) is 9.15 Å². The number of aromatic hydroxyl groups is 1. The maximum absolute atomic E-state index is 11.6. The molecule has 0 fully saturated rings. The summed E-state index contributed by atoms with van der Waals surface area (Å²) in [7, 11) is 0. The lowest BCUT2D eigenvalue weighted by molar-refractivity contribution is 0.0491. The van der Waals surface area contributed by atoms with Gasteiger partial charge in [-0.3, -0.25) is 0 Å². The number of rotatable bonds is 2. The monoisotopic (exact) mass is 298 g/mol. The van der Waals surface area contributed by atoms with E-state index in [1.807, 2.05) is 0 Å². The Labute approximate surface area is 106 Å². The number of hydrogen-bond acceptors (Lipinski definition) is 4. The van der Waals surface area contributed by atoms with E-state index in [0.29, 0.717) is 21.0 Å². The molecule has 1 heterocycles. The van der Waals surface area contributed by atoms with E-state index in [-0.39, 0.29) is 18.1 Å². The van der Waals surface area contributed by atoms with Crippen molar-refractivity contribution in [1.29, 1.82) is 0 Å². The van der Waals surface area contributed by atoms with Crippen LogP contribution in [0.15, 0.2) is 21.0 Å². The molecule has 2 rings (SSSR count). The highest BCUT2D eigenvalue weighted by molar-refractivity contribution is 9.10. The third-order valence-corrected chi connectivity index (χ3v) is 3.09. The van der Waals surface area contributed by atoms with E-state index in [1.54, 1.807) is 26.0 Å². The number of aryl methyl sites for hydroxylation is 1. The zero-order chi connectivity index (χ0) is 12.6. The molecule has 2 aromatic rings. The molecule has 0 aliphatic carbocycles. The zero-order valence-corrected chi connectivity index (χ0v) is 11.0. The molecule has 0 bridgehead atoms. The van der Waals surface area contributed by atoms with Crippen LogP contribution in [0, 0.1) is 6.92 Å². The summed E-state index contributed by atoms with van der Waals surface area (Å²) >= 11 is 3.31. The van der Waals surface area contributed by atoms with Crippen LogP contribution in [0.1, 0.15) is 23.0 Å². The molecule has 0 unspecified atom stereocenters. The van der Waals surface area contributed by atoms with Crippen LogP contribution in [0.25, 0.3) is 11.0 Å². The van der Waals surface area contributed by atoms with Crippen LogP contribution in [0.4, 0.5) is 0 Å². The summed E-state index contributed by atoms with van der Waals surface area (Å²) in [6.07, 6.45) is 0. The van der Waals surface area contributed by atoms with Crippen LogP contribution in [0.3, 0.4) is 0 Å². The molecule has 0 amide bonds. The van der Waals surface area contributed by atoms with Gasteiger partial charge in [-0.1, -0.05) is 0 Å². The molecule has 5 heteroatoms. The summed E-state index contributed by atoms with van der Waals surface area (Å²) in [5, 5.41) is 10.3. The Bertz CT molecular complexity index is 586. The van der Waals surface area contributed by atoms with Crippen LogP contribution in [0.5, 0.6) is 5.75 Å². The molecule has 0 atom stereocenters. The Hall–Kier alpha value is -1.49. The van der Waals surface area contributed by atoms with Crippen LogP contribution in [0.2, 0.25) is 0 Å². The van der Waals surface area contributed by atoms with Crippen molar-refractivity contribution < 1.29 is 19.1 Å². The van der Waals surface area contributed by atoms with Crippen molar-refractivity contribution in [3.05, 3.63) is 27.9 Å². The average molecular weight is 299 g/mol. The number of phenolic OH excluding ortho intramolecular Hbond substituents is 1. The van der Waals surface area contributed by atoms with Crippen molar-refractivity contribution in [2.24, 2.45) is 0 Å². The molecule has 0 saturated carbocycles. The van der Waals surface area contributed by atoms with Gasteiger partial charge >= 0.3 is 5.97 Å². The first kappa shape index (κ1) is 12.0. The van der Waals surface area contributed by atoms with Crippen molar-refractivity contribution in [3.63, 3.8) is 0 Å². The van der Waals surface area contributed by atoms with Crippen LogP contribution in [-0.2, 0) is 4.74 Å². The number of esters is 1. The molecule has 0 radical (unpaired) electrons. The third-order valence-electron chi connectivity index (χ3n) is 2.47. The van der Waals surface area contributed by atoms with Gasteiger partial charge in [-0.15, -0.1) is 0 Å². The summed E-state index contributed by atoms with van der Waals surface area (Å²) in [6.45, 7) is 3.72. The SMILES string of the molecule is CCOC(=O)c1oc2c(Br)ccc(O)c2c1C. The van der Waals surface area contributed by atoms with Crippen LogP contribution < -0.4 is 0 Å². The van der Waals surface area contributed by atoms with Gasteiger partial charge in [-0.2, -0.15) is 0 Å². The van der Waals surface area contributed by atoms with Gasteiger partial charge in [0.1, 0.15) is 5.75 Å². The number of furan rings is 1. The Morgan fingerprint density at radius 2 is 2.24 bits per heavy atom. The average Bonchev–Trinajstić information content (AvgIpc) is 2.63. The molecule has 0 spiro atoms. The van der Waals surface area contributed by atoms with Crippen LogP contribution >= 0.6 is 15.9 Å². The van der Waals surface area contributed by atoms with Gasteiger partial charge < -0.3 is 14.3 Å². The van der Waals surface area contributed by atoms with Gasteiger partial charge in [0.25, 0.3) is 0 Å². The number of ether oxygens (including phenoxy) is 1. The van der Waals surface area contributed by atoms with Gasteiger partial charge in [0.2, 0.25) is 5.76 Å². The topological polar surface area (TPSA) is 59.7 Å². The number of phenols is 1. The number of benzene rings is 1. The first-order chi connectivity index (χ1) is 8.06. The Balaban J connectivity index is 2.68. The first-order valence-corrected chi connectivity index (χ1v) is 5.93. The van der Waals surface area contributed by atoms with E-state index in [9.17, 15) is 9.90 Å². The standard InChI is InChI=1S/C12H11BrO4/c1-3-16-12(15)10-6(2)9-8(14)5-4-7(13)11(9)17-10/h4-5,14H,3H2,1-2H3. The molecule has 4 nitrogen and oxygen atoms in total. The van der Waals surface area contributed by atoms with Crippen molar-refractivity contribution in [2.45, 2.75) is 13.8 Å². The Morgan fingerprint density at radius 1 is 1.53 bits per heavy atom. The fourth-order valence-electron chi connectivity index (χ4n) is 1.69. The summed E-state index contributed by atoms with van der Waals surface area (Å²) < 4.78 is 11.0. The largest absolute Gasteiger partial charge is 0.507 e. The quantitative estimate of drug-likeness (QED) is 0.864. The number of fused-ring (bicyclic) bond motifs is 1. The molecule has 1 aromatic heterocycles. The molecule has 17 heavy (non-hydrogen) atoms. The number of carbonyl (C=O) groups excluding carboxylic acids is 1. The number of carbonyl (C=O) groups is 1. The fraction of sp³-hybridized carbons (Fsp3) is 0.250. The summed E-state index contributed by atoms with van der Waals surface area (Å²) in [5.41, 5.74) is 1.03. The minimum Gasteiger partial charge on any atom is -0.507 e. The van der Waals surface area contributed by atoms with E-state index in [0.717, 1.165) is 0 Å². The van der Waals surface area contributed by atoms with E-state index in [2.05, 4.69) is 15.9 Å². The first-order valence-electron chi connectivity index (χ1n) is 5.14. The van der Waals surface area contributed by atoms with Gasteiger partial charge in [0.15, 0.2) is 5.58 Å². The molecule has 0 aliphatic rings. The highest BCUT2D eigenvalue weighted by Gasteiger charge is 2.21. The molecule has 0 aliphatic heterocycles. The lowest BCUT2D eigenvalue weighted by Gasteiger charge is -1.98. The molecular formula is C12H11BrO4. The maximum atomic E-state index is 11.6. The predicted molar refractivity (Wildman–Crippen MR) is 66.3 cm³/mol. The highest BCUT2D eigenvalue weighted by atomic mass is 79.9.